The number of rotatable bonds is 6. The first-order chi connectivity index (χ1) is 9.69. The Kier molecular flexibility index (Phi) is 5.09. The lowest BCUT2D eigenvalue weighted by Crippen LogP contribution is -2.27. The SMILES string of the molecule is NCCC(=O)NCCc1nc(-c2cccc(Cl)c2)no1. The van der Waals surface area contributed by atoms with E-state index in [0.717, 1.165) is 5.56 Å². The largest absolute Gasteiger partial charge is 0.356 e. The van der Waals surface area contributed by atoms with Gasteiger partial charge in [-0.1, -0.05) is 28.9 Å². The molecule has 0 aliphatic heterocycles. The van der Waals surface area contributed by atoms with Crippen LogP contribution in [0.4, 0.5) is 0 Å². The summed E-state index contributed by atoms with van der Waals surface area (Å²) in [4.78, 5) is 15.5. The molecule has 0 atom stereocenters. The highest BCUT2D eigenvalue weighted by atomic mass is 35.5. The Bertz CT molecular complexity index is 585. The van der Waals surface area contributed by atoms with E-state index in [2.05, 4.69) is 15.5 Å². The second-order valence-corrected chi connectivity index (χ2v) is 4.60. The maximum Gasteiger partial charge on any atom is 0.228 e. The summed E-state index contributed by atoms with van der Waals surface area (Å²) in [6, 6.07) is 7.21. The molecule has 2 aromatic rings. The topological polar surface area (TPSA) is 94.0 Å². The minimum absolute atomic E-state index is 0.0814. The van der Waals surface area contributed by atoms with Crippen LogP contribution in [0.1, 0.15) is 12.3 Å². The van der Waals surface area contributed by atoms with E-state index in [4.69, 9.17) is 21.9 Å². The molecule has 0 bridgehead atoms. The molecule has 0 saturated carbocycles. The molecule has 3 N–H and O–H groups in total. The monoisotopic (exact) mass is 294 g/mol. The predicted molar refractivity (Wildman–Crippen MR) is 75.1 cm³/mol. The fourth-order valence-electron chi connectivity index (χ4n) is 1.63. The molecule has 0 spiro atoms. The molecule has 1 aromatic carbocycles. The number of nitrogens with one attached hydrogen (secondary N) is 1. The van der Waals surface area contributed by atoms with Crippen molar-refractivity contribution in [3.05, 3.63) is 35.2 Å². The molecule has 106 valence electrons. The lowest BCUT2D eigenvalue weighted by Gasteiger charge is -2.00. The lowest BCUT2D eigenvalue weighted by molar-refractivity contribution is -0.120. The van der Waals surface area contributed by atoms with E-state index in [9.17, 15) is 4.79 Å². The first-order valence-electron chi connectivity index (χ1n) is 6.24. The van der Waals surface area contributed by atoms with Crippen LogP contribution in [0, 0.1) is 0 Å². The van der Waals surface area contributed by atoms with Crippen molar-refractivity contribution < 1.29 is 9.32 Å². The van der Waals surface area contributed by atoms with Crippen molar-refractivity contribution >= 4 is 17.5 Å². The van der Waals surface area contributed by atoms with Crippen LogP contribution in [0.5, 0.6) is 0 Å². The highest BCUT2D eigenvalue weighted by Crippen LogP contribution is 2.19. The van der Waals surface area contributed by atoms with Gasteiger partial charge in [-0.2, -0.15) is 4.98 Å². The molecule has 20 heavy (non-hydrogen) atoms. The molecule has 0 radical (unpaired) electrons. The van der Waals surface area contributed by atoms with Crippen molar-refractivity contribution in [3.8, 4) is 11.4 Å². The van der Waals surface area contributed by atoms with Gasteiger partial charge in [0.25, 0.3) is 0 Å². The minimum atomic E-state index is -0.0814. The number of amides is 1. The van der Waals surface area contributed by atoms with E-state index in [1.54, 1.807) is 12.1 Å². The number of halogens is 1. The summed E-state index contributed by atoms with van der Waals surface area (Å²) < 4.78 is 5.12. The molecule has 1 heterocycles. The third kappa shape index (κ3) is 4.04. The molecule has 0 saturated heterocycles. The lowest BCUT2D eigenvalue weighted by atomic mass is 10.2. The van der Waals surface area contributed by atoms with Gasteiger partial charge in [0, 0.05) is 36.5 Å². The smallest absolute Gasteiger partial charge is 0.228 e. The van der Waals surface area contributed by atoms with Crippen molar-refractivity contribution in [1.82, 2.24) is 15.5 Å². The van der Waals surface area contributed by atoms with Gasteiger partial charge in [0.05, 0.1) is 0 Å². The molecular formula is C13H15ClN4O2. The van der Waals surface area contributed by atoms with Crippen LogP contribution in [0.2, 0.25) is 5.02 Å². The summed E-state index contributed by atoms with van der Waals surface area (Å²) in [7, 11) is 0. The number of hydrogen-bond acceptors (Lipinski definition) is 5. The molecule has 0 aliphatic carbocycles. The number of nitrogens with zero attached hydrogens (tertiary/aromatic N) is 2. The van der Waals surface area contributed by atoms with Crippen molar-refractivity contribution in [2.75, 3.05) is 13.1 Å². The van der Waals surface area contributed by atoms with Gasteiger partial charge in [0.2, 0.25) is 17.6 Å². The first kappa shape index (κ1) is 14.5. The maximum absolute atomic E-state index is 11.2. The maximum atomic E-state index is 11.2. The molecule has 1 aromatic heterocycles. The first-order valence-corrected chi connectivity index (χ1v) is 6.62. The third-order valence-electron chi connectivity index (χ3n) is 2.58. The summed E-state index contributed by atoms with van der Waals surface area (Å²) in [6.45, 7) is 0.779. The second kappa shape index (κ2) is 7.02. The van der Waals surface area contributed by atoms with E-state index >= 15 is 0 Å². The third-order valence-corrected chi connectivity index (χ3v) is 2.82. The number of carbonyl (C=O) groups is 1. The summed E-state index contributed by atoms with van der Waals surface area (Å²) >= 11 is 5.91. The molecular weight excluding hydrogens is 280 g/mol. The van der Waals surface area contributed by atoms with Gasteiger partial charge in [0.1, 0.15) is 0 Å². The van der Waals surface area contributed by atoms with Crippen LogP contribution in [0.15, 0.2) is 28.8 Å². The Balaban J connectivity index is 1.91. The minimum Gasteiger partial charge on any atom is -0.356 e. The van der Waals surface area contributed by atoms with E-state index in [1.807, 2.05) is 12.1 Å². The van der Waals surface area contributed by atoms with Crippen LogP contribution in [0.3, 0.4) is 0 Å². The van der Waals surface area contributed by atoms with Crippen molar-refractivity contribution in [2.24, 2.45) is 5.73 Å². The molecule has 0 aliphatic rings. The molecule has 1 amide bonds. The van der Waals surface area contributed by atoms with E-state index in [-0.39, 0.29) is 5.91 Å². The van der Waals surface area contributed by atoms with E-state index in [0.29, 0.717) is 42.7 Å². The van der Waals surface area contributed by atoms with Crippen LogP contribution in [-0.4, -0.2) is 29.1 Å². The Labute approximate surface area is 121 Å². The number of aromatic nitrogens is 2. The quantitative estimate of drug-likeness (QED) is 0.840. The van der Waals surface area contributed by atoms with E-state index in [1.165, 1.54) is 0 Å². The molecule has 2 rings (SSSR count). The van der Waals surface area contributed by atoms with Crippen LogP contribution in [-0.2, 0) is 11.2 Å². The fourth-order valence-corrected chi connectivity index (χ4v) is 1.82. The summed E-state index contributed by atoms with van der Waals surface area (Å²) in [5, 5.41) is 7.22. The molecule has 0 unspecified atom stereocenters. The van der Waals surface area contributed by atoms with Gasteiger partial charge in [-0.05, 0) is 12.1 Å². The second-order valence-electron chi connectivity index (χ2n) is 4.16. The normalized spacial score (nSPS) is 10.5. The van der Waals surface area contributed by atoms with Gasteiger partial charge in [0.15, 0.2) is 0 Å². The van der Waals surface area contributed by atoms with Crippen molar-refractivity contribution in [1.29, 1.82) is 0 Å². The molecule has 6 nitrogen and oxygen atoms in total. The average molecular weight is 295 g/mol. The Morgan fingerprint density at radius 3 is 3.05 bits per heavy atom. The van der Waals surface area contributed by atoms with Gasteiger partial charge in [-0.15, -0.1) is 0 Å². The number of hydrogen-bond donors (Lipinski definition) is 2. The highest BCUT2D eigenvalue weighted by molar-refractivity contribution is 6.30. The predicted octanol–water partition coefficient (Wildman–Crippen LogP) is 1.40. The van der Waals surface area contributed by atoms with Crippen LogP contribution < -0.4 is 11.1 Å². The average Bonchev–Trinajstić information content (AvgIpc) is 2.88. The van der Waals surface area contributed by atoms with E-state index < -0.39 is 0 Å². The molecule has 0 fully saturated rings. The van der Waals surface area contributed by atoms with Crippen LogP contribution in [0.25, 0.3) is 11.4 Å². The van der Waals surface area contributed by atoms with Gasteiger partial charge in [-0.25, -0.2) is 0 Å². The van der Waals surface area contributed by atoms with Gasteiger partial charge in [-0.3, -0.25) is 4.79 Å². The Morgan fingerprint density at radius 1 is 1.45 bits per heavy atom. The zero-order valence-electron chi connectivity index (χ0n) is 10.8. The highest BCUT2D eigenvalue weighted by Gasteiger charge is 2.09. The Hall–Kier alpha value is -1.92. The summed E-state index contributed by atoms with van der Waals surface area (Å²) in [5.41, 5.74) is 6.07. The van der Waals surface area contributed by atoms with Crippen LogP contribution >= 0.6 is 11.6 Å². The summed E-state index contributed by atoms with van der Waals surface area (Å²) in [5.74, 6) is 0.867. The molecule has 7 heteroatoms. The van der Waals surface area contributed by atoms with Gasteiger partial charge < -0.3 is 15.6 Å². The zero-order valence-corrected chi connectivity index (χ0v) is 11.6. The number of benzene rings is 1. The van der Waals surface area contributed by atoms with Gasteiger partial charge >= 0.3 is 0 Å². The summed E-state index contributed by atoms with van der Waals surface area (Å²) in [6.07, 6.45) is 0.793. The standard InChI is InChI=1S/C13H15ClN4O2/c14-10-3-1-2-9(8-10)13-17-12(20-18-13)5-7-16-11(19)4-6-15/h1-3,8H,4-7,15H2,(H,16,19). The van der Waals surface area contributed by atoms with Crippen molar-refractivity contribution in [2.45, 2.75) is 12.8 Å². The number of nitrogens with two attached hydrogens (primary N) is 1. The zero-order chi connectivity index (χ0) is 14.4. The Morgan fingerprint density at radius 2 is 2.30 bits per heavy atom. The number of carbonyl (C=O) groups excluding carboxylic acids is 1. The van der Waals surface area contributed by atoms with Crippen molar-refractivity contribution in [3.63, 3.8) is 0 Å². The fraction of sp³-hybridized carbons (Fsp3) is 0.308.